The molecule has 1 atom stereocenters. The Morgan fingerprint density at radius 3 is 2.53 bits per heavy atom. The first-order valence-electron chi connectivity index (χ1n) is 6.60. The molecule has 19 heavy (non-hydrogen) atoms. The van der Waals surface area contributed by atoms with Gasteiger partial charge in [0.15, 0.2) is 5.82 Å². The number of rotatable bonds is 6. The molecule has 1 heterocycles. The lowest BCUT2D eigenvalue weighted by atomic mass is 10.1. The van der Waals surface area contributed by atoms with Crippen LogP contribution in [0.4, 0.5) is 0 Å². The van der Waals surface area contributed by atoms with Gasteiger partial charge in [0.25, 0.3) is 0 Å². The van der Waals surface area contributed by atoms with E-state index in [1.165, 1.54) is 0 Å². The fourth-order valence-corrected chi connectivity index (χ4v) is 1.91. The summed E-state index contributed by atoms with van der Waals surface area (Å²) in [5.41, 5.74) is 7.11. The smallest absolute Gasteiger partial charge is 0.240 e. The van der Waals surface area contributed by atoms with E-state index in [1.54, 1.807) is 0 Å². The highest BCUT2D eigenvalue weighted by atomic mass is 16.5. The monoisotopic (exact) mass is 260 g/mol. The second kappa shape index (κ2) is 6.45. The zero-order valence-electron chi connectivity index (χ0n) is 11.4. The third-order valence-corrected chi connectivity index (χ3v) is 3.17. The molecule has 0 aliphatic rings. The maximum Gasteiger partial charge on any atom is 0.240 e. The summed E-state index contributed by atoms with van der Waals surface area (Å²) >= 11 is 0. The van der Waals surface area contributed by atoms with Crippen molar-refractivity contribution < 1.29 is 4.52 Å². The van der Waals surface area contributed by atoms with Crippen LogP contribution in [0.5, 0.6) is 0 Å². The molecule has 0 amide bonds. The van der Waals surface area contributed by atoms with Gasteiger partial charge in [0.05, 0.1) is 12.6 Å². The molecule has 2 N–H and O–H groups in total. The first-order valence-corrected chi connectivity index (χ1v) is 6.60. The summed E-state index contributed by atoms with van der Waals surface area (Å²) in [5, 5.41) is 3.98. The lowest BCUT2D eigenvalue weighted by Gasteiger charge is -2.14. The molecule has 0 radical (unpaired) electrons. The lowest BCUT2D eigenvalue weighted by Crippen LogP contribution is -2.22. The van der Waals surface area contributed by atoms with Crippen LogP contribution in [0.15, 0.2) is 34.9 Å². The summed E-state index contributed by atoms with van der Waals surface area (Å²) in [6, 6.07) is 9.45. The minimum atomic E-state index is -0.338. The molecule has 5 nitrogen and oxygen atoms in total. The fraction of sp³-hybridized carbons (Fsp3) is 0.429. The van der Waals surface area contributed by atoms with E-state index in [4.69, 9.17) is 10.3 Å². The van der Waals surface area contributed by atoms with E-state index in [1.807, 2.05) is 30.3 Å². The van der Waals surface area contributed by atoms with Crippen LogP contribution < -0.4 is 5.73 Å². The van der Waals surface area contributed by atoms with Gasteiger partial charge in [-0.05, 0) is 18.7 Å². The Morgan fingerprint density at radius 1 is 1.21 bits per heavy atom. The largest absolute Gasteiger partial charge is 0.338 e. The summed E-state index contributed by atoms with van der Waals surface area (Å²) in [4.78, 5) is 6.59. The number of hydrogen-bond donors (Lipinski definition) is 1. The lowest BCUT2D eigenvalue weighted by molar-refractivity contribution is 0.246. The standard InChI is InChI=1S/C14H20N4O/c1-3-18(4-2)10-12-16-14(17-19-12)13(15)11-8-6-5-7-9-11/h5-9,13H,3-4,10,15H2,1-2H3/t13-/m0/s1. The Labute approximate surface area is 113 Å². The molecule has 1 aromatic heterocycles. The number of aromatic nitrogens is 2. The number of hydrogen-bond acceptors (Lipinski definition) is 5. The molecule has 0 aliphatic carbocycles. The summed E-state index contributed by atoms with van der Waals surface area (Å²) < 4.78 is 5.26. The van der Waals surface area contributed by atoms with E-state index < -0.39 is 0 Å². The highest BCUT2D eigenvalue weighted by molar-refractivity contribution is 5.23. The summed E-state index contributed by atoms with van der Waals surface area (Å²) in [5.74, 6) is 1.15. The predicted octanol–water partition coefficient (Wildman–Crippen LogP) is 1.96. The van der Waals surface area contributed by atoms with Crippen LogP contribution >= 0.6 is 0 Å². The van der Waals surface area contributed by atoms with Gasteiger partial charge in [-0.1, -0.05) is 49.3 Å². The minimum absolute atomic E-state index is 0.338. The van der Waals surface area contributed by atoms with Crippen LogP contribution in [0.1, 0.15) is 37.2 Å². The van der Waals surface area contributed by atoms with Crippen molar-refractivity contribution in [1.82, 2.24) is 15.0 Å². The highest BCUT2D eigenvalue weighted by Gasteiger charge is 2.16. The normalized spacial score (nSPS) is 12.8. The van der Waals surface area contributed by atoms with Gasteiger partial charge in [-0.25, -0.2) is 0 Å². The molecule has 5 heteroatoms. The first-order chi connectivity index (χ1) is 9.24. The minimum Gasteiger partial charge on any atom is -0.338 e. The van der Waals surface area contributed by atoms with Crippen LogP contribution in [0, 0.1) is 0 Å². The van der Waals surface area contributed by atoms with Gasteiger partial charge in [0.2, 0.25) is 5.89 Å². The molecular weight excluding hydrogens is 240 g/mol. The number of nitrogens with two attached hydrogens (primary N) is 1. The highest BCUT2D eigenvalue weighted by Crippen LogP contribution is 2.16. The molecule has 1 aromatic carbocycles. The molecule has 2 aromatic rings. The van der Waals surface area contributed by atoms with Crippen molar-refractivity contribution in [3.05, 3.63) is 47.6 Å². The van der Waals surface area contributed by atoms with Crippen molar-refractivity contribution in [2.24, 2.45) is 5.73 Å². The second-order valence-corrected chi connectivity index (χ2v) is 4.40. The zero-order chi connectivity index (χ0) is 13.7. The summed E-state index contributed by atoms with van der Waals surface area (Å²) in [6.07, 6.45) is 0. The maximum atomic E-state index is 6.13. The Bertz CT molecular complexity index is 493. The SMILES string of the molecule is CCN(CC)Cc1nc([C@@H](N)c2ccccc2)no1. The Balaban J connectivity index is 2.08. The molecule has 2 rings (SSSR count). The Kier molecular flexibility index (Phi) is 4.65. The van der Waals surface area contributed by atoms with E-state index in [2.05, 4.69) is 28.9 Å². The van der Waals surface area contributed by atoms with Crippen LogP contribution in [0.2, 0.25) is 0 Å². The third-order valence-electron chi connectivity index (χ3n) is 3.17. The van der Waals surface area contributed by atoms with Crippen LogP contribution in [-0.4, -0.2) is 28.1 Å². The first kappa shape index (κ1) is 13.7. The maximum absolute atomic E-state index is 6.13. The van der Waals surface area contributed by atoms with Crippen LogP contribution in [-0.2, 0) is 6.54 Å². The number of nitrogens with zero attached hydrogens (tertiary/aromatic N) is 3. The van der Waals surface area contributed by atoms with Crippen molar-refractivity contribution in [2.45, 2.75) is 26.4 Å². The van der Waals surface area contributed by atoms with Crippen LogP contribution in [0.25, 0.3) is 0 Å². The van der Waals surface area contributed by atoms with Gasteiger partial charge in [-0.2, -0.15) is 4.98 Å². The molecular formula is C14H20N4O. The van der Waals surface area contributed by atoms with Gasteiger partial charge in [-0.3, -0.25) is 4.90 Å². The van der Waals surface area contributed by atoms with Crippen molar-refractivity contribution in [3.8, 4) is 0 Å². The second-order valence-electron chi connectivity index (χ2n) is 4.40. The van der Waals surface area contributed by atoms with E-state index in [9.17, 15) is 0 Å². The molecule has 0 bridgehead atoms. The quantitative estimate of drug-likeness (QED) is 0.860. The fourth-order valence-electron chi connectivity index (χ4n) is 1.91. The van der Waals surface area contributed by atoms with Gasteiger partial charge < -0.3 is 10.3 Å². The molecule has 0 saturated carbocycles. The summed E-state index contributed by atoms with van der Waals surface area (Å²) in [6.45, 7) is 6.80. The average molecular weight is 260 g/mol. The van der Waals surface area contributed by atoms with Gasteiger partial charge in [0.1, 0.15) is 0 Å². The molecule has 0 spiro atoms. The molecule has 102 valence electrons. The zero-order valence-corrected chi connectivity index (χ0v) is 11.4. The molecule has 0 saturated heterocycles. The number of benzene rings is 1. The van der Waals surface area contributed by atoms with Crippen LogP contribution in [0.3, 0.4) is 0 Å². The van der Waals surface area contributed by atoms with Crippen molar-refractivity contribution in [2.75, 3.05) is 13.1 Å². The van der Waals surface area contributed by atoms with Gasteiger partial charge >= 0.3 is 0 Å². The Morgan fingerprint density at radius 2 is 1.89 bits per heavy atom. The van der Waals surface area contributed by atoms with E-state index in [0.717, 1.165) is 18.7 Å². The van der Waals surface area contributed by atoms with E-state index in [0.29, 0.717) is 18.3 Å². The van der Waals surface area contributed by atoms with E-state index in [-0.39, 0.29) is 6.04 Å². The van der Waals surface area contributed by atoms with Crippen molar-refractivity contribution in [1.29, 1.82) is 0 Å². The van der Waals surface area contributed by atoms with Crippen molar-refractivity contribution >= 4 is 0 Å². The third kappa shape index (κ3) is 3.39. The van der Waals surface area contributed by atoms with Gasteiger partial charge in [-0.15, -0.1) is 0 Å². The predicted molar refractivity (Wildman–Crippen MR) is 73.4 cm³/mol. The molecule has 0 unspecified atom stereocenters. The molecule has 0 aliphatic heterocycles. The van der Waals surface area contributed by atoms with Crippen molar-refractivity contribution in [3.63, 3.8) is 0 Å². The van der Waals surface area contributed by atoms with Gasteiger partial charge in [0, 0.05) is 0 Å². The summed E-state index contributed by atoms with van der Waals surface area (Å²) in [7, 11) is 0. The average Bonchev–Trinajstić information content (AvgIpc) is 2.93. The topological polar surface area (TPSA) is 68.2 Å². The van der Waals surface area contributed by atoms with E-state index >= 15 is 0 Å². The molecule has 0 fully saturated rings. The Hall–Kier alpha value is -1.72.